The van der Waals surface area contributed by atoms with Crippen LogP contribution in [0.1, 0.15) is 82.0 Å². The maximum absolute atomic E-state index is 12.8. The van der Waals surface area contributed by atoms with Gasteiger partial charge in [0.2, 0.25) is 0 Å². The molecule has 0 aliphatic heterocycles. The Kier molecular flexibility index (Phi) is 9.07. The second-order valence-corrected chi connectivity index (χ2v) is 7.71. The first kappa shape index (κ1) is 22.0. The van der Waals surface area contributed by atoms with Gasteiger partial charge in [0, 0.05) is 19.3 Å². The molecule has 1 amide bonds. The van der Waals surface area contributed by atoms with Crippen LogP contribution >= 0.6 is 0 Å². The van der Waals surface area contributed by atoms with Crippen LogP contribution in [0.3, 0.4) is 0 Å². The number of unbranched alkanes of at least 4 members (excludes halogenated alkanes) is 1. The summed E-state index contributed by atoms with van der Waals surface area (Å²) in [5.41, 5.74) is 4.20. The topological polar surface area (TPSA) is 56.1 Å². The van der Waals surface area contributed by atoms with Crippen molar-refractivity contribution < 1.29 is 4.79 Å². The number of carbonyl (C=O) groups excluding carboxylic acids is 1. The molecule has 1 unspecified atom stereocenters. The predicted molar refractivity (Wildman–Crippen MR) is 115 cm³/mol. The molecule has 2 rings (SSSR count). The fourth-order valence-corrected chi connectivity index (χ4v) is 3.84. The minimum atomic E-state index is -0.273. The van der Waals surface area contributed by atoms with E-state index in [0.717, 1.165) is 57.2 Å². The molecule has 0 bridgehead atoms. The van der Waals surface area contributed by atoms with Crippen LogP contribution in [0.4, 0.5) is 0 Å². The van der Waals surface area contributed by atoms with Crippen LogP contribution < -0.4 is 5.32 Å². The first-order valence-corrected chi connectivity index (χ1v) is 10.9. The minimum absolute atomic E-state index is 0.0632. The van der Waals surface area contributed by atoms with Crippen molar-refractivity contribution in [2.75, 3.05) is 13.1 Å². The molecule has 0 saturated carbocycles. The molecule has 0 heterocycles. The number of benzene rings is 1. The number of hydrogen-bond donors (Lipinski definition) is 1. The molecule has 152 valence electrons. The number of nitriles is 1. The second kappa shape index (κ2) is 11.5. The molecule has 1 aliphatic carbocycles. The molecule has 1 atom stereocenters. The summed E-state index contributed by atoms with van der Waals surface area (Å²) >= 11 is 0. The highest BCUT2D eigenvalue weighted by Gasteiger charge is 2.19. The third-order valence-corrected chi connectivity index (χ3v) is 5.47. The summed E-state index contributed by atoms with van der Waals surface area (Å²) < 4.78 is 0. The van der Waals surface area contributed by atoms with E-state index in [2.05, 4.69) is 55.3 Å². The Morgan fingerprint density at radius 1 is 1.18 bits per heavy atom. The molecule has 4 heteroatoms. The number of carbonyl (C=O) groups is 1. The number of nitrogens with one attached hydrogen (secondary N) is 1. The van der Waals surface area contributed by atoms with Gasteiger partial charge in [-0.05, 0) is 61.6 Å². The van der Waals surface area contributed by atoms with E-state index in [0.29, 0.717) is 0 Å². The van der Waals surface area contributed by atoms with Crippen molar-refractivity contribution in [3.63, 3.8) is 0 Å². The highest BCUT2D eigenvalue weighted by atomic mass is 16.1. The van der Waals surface area contributed by atoms with Crippen molar-refractivity contribution in [2.45, 2.75) is 78.2 Å². The van der Waals surface area contributed by atoms with Gasteiger partial charge >= 0.3 is 0 Å². The van der Waals surface area contributed by atoms with Gasteiger partial charge in [-0.25, -0.2) is 0 Å². The molecule has 1 aliphatic rings. The van der Waals surface area contributed by atoms with Crippen LogP contribution in [0.25, 0.3) is 0 Å². The van der Waals surface area contributed by atoms with E-state index < -0.39 is 0 Å². The van der Waals surface area contributed by atoms with Crippen LogP contribution in [0, 0.1) is 11.3 Å². The Morgan fingerprint density at radius 3 is 2.57 bits per heavy atom. The minimum Gasteiger partial charge on any atom is -0.376 e. The molecule has 0 aromatic heterocycles. The standard InChI is InChI=1S/C24H35N3O/c1-4-7-15-27(14-5-2)18-22(17-25)24(28)26-23(6-3)21-13-12-19-10-8-9-11-20(19)16-21/h12-13,16,18,23H,4-11,14-15H2,1-3H3,(H,26,28)/b22-18-. The van der Waals surface area contributed by atoms with E-state index in [-0.39, 0.29) is 17.5 Å². The molecule has 0 saturated heterocycles. The van der Waals surface area contributed by atoms with Gasteiger partial charge in [-0.15, -0.1) is 0 Å². The van der Waals surface area contributed by atoms with Crippen molar-refractivity contribution in [1.82, 2.24) is 10.2 Å². The lowest BCUT2D eigenvalue weighted by Gasteiger charge is -2.23. The van der Waals surface area contributed by atoms with Crippen LogP contribution in [0.2, 0.25) is 0 Å². The van der Waals surface area contributed by atoms with Crippen molar-refractivity contribution in [3.8, 4) is 6.07 Å². The van der Waals surface area contributed by atoms with Gasteiger partial charge in [0.15, 0.2) is 0 Å². The van der Waals surface area contributed by atoms with Crippen LogP contribution in [0.15, 0.2) is 30.0 Å². The largest absolute Gasteiger partial charge is 0.376 e. The molecule has 1 N–H and O–H groups in total. The summed E-state index contributed by atoms with van der Waals surface area (Å²) in [6, 6.07) is 8.65. The Labute approximate surface area is 170 Å². The Balaban J connectivity index is 2.12. The molecular weight excluding hydrogens is 346 g/mol. The fraction of sp³-hybridized carbons (Fsp3) is 0.583. The molecular formula is C24H35N3O. The lowest BCUT2D eigenvalue weighted by Crippen LogP contribution is -2.31. The van der Waals surface area contributed by atoms with Gasteiger partial charge < -0.3 is 10.2 Å². The van der Waals surface area contributed by atoms with Crippen LogP contribution in [0.5, 0.6) is 0 Å². The second-order valence-electron chi connectivity index (χ2n) is 7.71. The van der Waals surface area contributed by atoms with E-state index in [1.807, 2.05) is 0 Å². The smallest absolute Gasteiger partial charge is 0.263 e. The third kappa shape index (κ3) is 6.12. The van der Waals surface area contributed by atoms with Gasteiger partial charge in [-0.2, -0.15) is 5.26 Å². The lowest BCUT2D eigenvalue weighted by atomic mass is 9.88. The van der Waals surface area contributed by atoms with E-state index in [9.17, 15) is 10.1 Å². The average molecular weight is 382 g/mol. The SMILES string of the molecule is CCCCN(/C=C(/C#N)C(=O)NC(CC)c1ccc2c(c1)CCCC2)CCC. The maximum atomic E-state index is 12.8. The zero-order valence-corrected chi connectivity index (χ0v) is 17.8. The zero-order chi connectivity index (χ0) is 20.4. The van der Waals surface area contributed by atoms with Gasteiger partial charge in [-0.3, -0.25) is 4.79 Å². The average Bonchev–Trinajstić information content (AvgIpc) is 2.73. The quantitative estimate of drug-likeness (QED) is 0.456. The lowest BCUT2D eigenvalue weighted by molar-refractivity contribution is -0.117. The fourth-order valence-electron chi connectivity index (χ4n) is 3.84. The molecule has 28 heavy (non-hydrogen) atoms. The van der Waals surface area contributed by atoms with Crippen LogP contribution in [-0.4, -0.2) is 23.9 Å². The number of fused-ring (bicyclic) bond motifs is 1. The van der Waals surface area contributed by atoms with Gasteiger partial charge in [0.05, 0.1) is 6.04 Å². The van der Waals surface area contributed by atoms with Crippen molar-refractivity contribution >= 4 is 5.91 Å². The summed E-state index contributed by atoms with van der Waals surface area (Å²) in [7, 11) is 0. The van der Waals surface area contributed by atoms with Crippen molar-refractivity contribution in [1.29, 1.82) is 5.26 Å². The maximum Gasteiger partial charge on any atom is 0.263 e. The Morgan fingerprint density at radius 2 is 1.93 bits per heavy atom. The Bertz CT molecular complexity index is 717. The van der Waals surface area contributed by atoms with E-state index >= 15 is 0 Å². The number of hydrogen-bond acceptors (Lipinski definition) is 3. The molecule has 1 aromatic rings. The molecule has 1 aromatic carbocycles. The van der Waals surface area contributed by atoms with Gasteiger partial charge in [0.1, 0.15) is 11.6 Å². The summed E-state index contributed by atoms with van der Waals surface area (Å²) in [5, 5.41) is 12.6. The normalized spacial score (nSPS) is 14.7. The summed E-state index contributed by atoms with van der Waals surface area (Å²) in [5.74, 6) is -0.273. The van der Waals surface area contributed by atoms with Crippen molar-refractivity contribution in [2.24, 2.45) is 0 Å². The monoisotopic (exact) mass is 381 g/mol. The van der Waals surface area contributed by atoms with E-state index in [1.165, 1.54) is 24.0 Å². The third-order valence-electron chi connectivity index (χ3n) is 5.47. The van der Waals surface area contributed by atoms with Gasteiger partial charge in [0.25, 0.3) is 5.91 Å². The summed E-state index contributed by atoms with van der Waals surface area (Å²) in [4.78, 5) is 14.9. The predicted octanol–water partition coefficient (Wildman–Crippen LogP) is 5.05. The number of aryl methyl sites for hydroxylation is 2. The number of amides is 1. The highest BCUT2D eigenvalue weighted by Crippen LogP contribution is 2.26. The first-order chi connectivity index (χ1) is 13.6. The summed E-state index contributed by atoms with van der Waals surface area (Å²) in [6.07, 6.45) is 10.5. The van der Waals surface area contributed by atoms with Crippen molar-refractivity contribution in [3.05, 3.63) is 46.7 Å². The van der Waals surface area contributed by atoms with E-state index in [1.54, 1.807) is 6.20 Å². The van der Waals surface area contributed by atoms with E-state index in [4.69, 9.17) is 0 Å². The van der Waals surface area contributed by atoms with Crippen LogP contribution in [-0.2, 0) is 17.6 Å². The summed E-state index contributed by atoms with van der Waals surface area (Å²) in [6.45, 7) is 8.08. The number of rotatable bonds is 10. The molecule has 0 spiro atoms. The highest BCUT2D eigenvalue weighted by molar-refractivity contribution is 5.97. The Hall–Kier alpha value is -2.28. The first-order valence-electron chi connectivity index (χ1n) is 10.9. The molecule has 4 nitrogen and oxygen atoms in total. The van der Waals surface area contributed by atoms with Gasteiger partial charge in [-0.1, -0.05) is 45.4 Å². The zero-order valence-electron chi connectivity index (χ0n) is 17.8. The number of nitrogens with zero attached hydrogens (tertiary/aromatic N) is 2. The molecule has 0 radical (unpaired) electrons. The molecule has 0 fully saturated rings.